The molecule has 54 valence electrons. The first-order valence-corrected chi connectivity index (χ1v) is 3.51. The maximum Gasteiger partial charge on any atom is 0.0590 e. The van der Waals surface area contributed by atoms with Crippen LogP contribution in [0.1, 0.15) is 19.3 Å². The Bertz CT molecular complexity index is 83.0. The lowest BCUT2D eigenvalue weighted by molar-refractivity contribution is 0.0683. The van der Waals surface area contributed by atoms with Gasteiger partial charge in [-0.15, -0.1) is 0 Å². The summed E-state index contributed by atoms with van der Waals surface area (Å²) in [4.78, 5) is 0. The maximum absolute atomic E-state index is 9.24. The summed E-state index contributed by atoms with van der Waals surface area (Å²) in [5.74, 6) is 0.412. The van der Waals surface area contributed by atoms with Crippen LogP contribution in [0.5, 0.6) is 0 Å². The standard InChI is InChI=1S/C7H14O2/c1-9-5-6-3-2-4-7(6)8/h6-8H,2-5H2,1H3/t6-,7+/m0/s1. The van der Waals surface area contributed by atoms with Gasteiger partial charge in [-0.2, -0.15) is 0 Å². The summed E-state index contributed by atoms with van der Waals surface area (Å²) in [7, 11) is 1.69. The summed E-state index contributed by atoms with van der Waals surface area (Å²) >= 11 is 0. The van der Waals surface area contributed by atoms with Crippen LogP contribution in [-0.4, -0.2) is 24.9 Å². The van der Waals surface area contributed by atoms with Gasteiger partial charge in [-0.25, -0.2) is 0 Å². The van der Waals surface area contributed by atoms with Crippen LogP contribution in [0.2, 0.25) is 0 Å². The van der Waals surface area contributed by atoms with Crippen LogP contribution in [0.15, 0.2) is 0 Å². The monoisotopic (exact) mass is 130 g/mol. The number of ether oxygens (including phenoxy) is 1. The van der Waals surface area contributed by atoms with Crippen molar-refractivity contribution < 1.29 is 9.84 Å². The first kappa shape index (κ1) is 7.03. The molecule has 0 aromatic heterocycles. The van der Waals surface area contributed by atoms with Crippen LogP contribution in [-0.2, 0) is 4.74 Å². The second-order valence-corrected chi connectivity index (χ2v) is 2.71. The Morgan fingerprint density at radius 2 is 2.33 bits per heavy atom. The fourth-order valence-electron chi connectivity index (χ4n) is 1.43. The SMILES string of the molecule is COC[C@@H]1CCC[C@H]1O. The number of aliphatic hydroxyl groups is 1. The van der Waals surface area contributed by atoms with E-state index in [1.807, 2.05) is 0 Å². The van der Waals surface area contributed by atoms with E-state index in [-0.39, 0.29) is 6.10 Å². The lowest BCUT2D eigenvalue weighted by Crippen LogP contribution is -2.17. The predicted molar refractivity (Wildman–Crippen MR) is 35.2 cm³/mol. The molecule has 0 spiro atoms. The highest BCUT2D eigenvalue weighted by Crippen LogP contribution is 2.25. The van der Waals surface area contributed by atoms with Gasteiger partial charge in [-0.05, 0) is 12.8 Å². The smallest absolute Gasteiger partial charge is 0.0590 e. The van der Waals surface area contributed by atoms with E-state index in [9.17, 15) is 5.11 Å². The minimum Gasteiger partial charge on any atom is -0.393 e. The molecule has 0 saturated heterocycles. The van der Waals surface area contributed by atoms with Gasteiger partial charge in [0.15, 0.2) is 0 Å². The maximum atomic E-state index is 9.24. The molecule has 1 aliphatic carbocycles. The van der Waals surface area contributed by atoms with Gasteiger partial charge in [0.05, 0.1) is 12.7 Å². The van der Waals surface area contributed by atoms with E-state index in [1.54, 1.807) is 7.11 Å². The second-order valence-electron chi connectivity index (χ2n) is 2.71. The van der Waals surface area contributed by atoms with Gasteiger partial charge >= 0.3 is 0 Å². The van der Waals surface area contributed by atoms with Crippen molar-refractivity contribution in [3.8, 4) is 0 Å². The minimum atomic E-state index is -0.0926. The van der Waals surface area contributed by atoms with Crippen LogP contribution < -0.4 is 0 Å². The van der Waals surface area contributed by atoms with Crippen molar-refractivity contribution in [3.05, 3.63) is 0 Å². The molecule has 0 bridgehead atoms. The summed E-state index contributed by atoms with van der Waals surface area (Å²) in [6.45, 7) is 0.723. The third kappa shape index (κ3) is 1.66. The van der Waals surface area contributed by atoms with Gasteiger partial charge in [0.2, 0.25) is 0 Å². The Balaban J connectivity index is 2.22. The lowest BCUT2D eigenvalue weighted by atomic mass is 10.1. The van der Waals surface area contributed by atoms with Crippen molar-refractivity contribution in [1.29, 1.82) is 0 Å². The average Bonchev–Trinajstić information content (AvgIpc) is 2.18. The number of hydrogen-bond donors (Lipinski definition) is 1. The fourth-order valence-corrected chi connectivity index (χ4v) is 1.43. The Kier molecular flexibility index (Phi) is 2.49. The second kappa shape index (κ2) is 3.18. The third-order valence-electron chi connectivity index (χ3n) is 2.00. The molecule has 2 nitrogen and oxygen atoms in total. The highest BCUT2D eigenvalue weighted by atomic mass is 16.5. The van der Waals surface area contributed by atoms with E-state index >= 15 is 0 Å². The number of rotatable bonds is 2. The summed E-state index contributed by atoms with van der Waals surface area (Å²) in [6, 6.07) is 0. The van der Waals surface area contributed by atoms with Gasteiger partial charge in [0, 0.05) is 13.0 Å². The lowest BCUT2D eigenvalue weighted by Gasteiger charge is -2.11. The molecular weight excluding hydrogens is 116 g/mol. The zero-order valence-electron chi connectivity index (χ0n) is 5.84. The van der Waals surface area contributed by atoms with Crippen molar-refractivity contribution in [1.82, 2.24) is 0 Å². The van der Waals surface area contributed by atoms with E-state index in [0.29, 0.717) is 5.92 Å². The highest BCUT2D eigenvalue weighted by molar-refractivity contribution is 4.75. The van der Waals surface area contributed by atoms with Crippen molar-refractivity contribution in [2.75, 3.05) is 13.7 Å². The van der Waals surface area contributed by atoms with Crippen molar-refractivity contribution in [3.63, 3.8) is 0 Å². The first-order chi connectivity index (χ1) is 4.34. The Labute approximate surface area is 55.8 Å². The molecule has 1 saturated carbocycles. The van der Waals surface area contributed by atoms with Crippen LogP contribution in [0, 0.1) is 5.92 Å². The molecule has 0 radical (unpaired) electrons. The van der Waals surface area contributed by atoms with Gasteiger partial charge in [-0.3, -0.25) is 0 Å². The third-order valence-corrected chi connectivity index (χ3v) is 2.00. The molecule has 9 heavy (non-hydrogen) atoms. The quantitative estimate of drug-likeness (QED) is 0.599. The van der Waals surface area contributed by atoms with E-state index < -0.39 is 0 Å². The average molecular weight is 130 g/mol. The summed E-state index contributed by atoms with van der Waals surface area (Å²) in [6.07, 6.45) is 3.17. The zero-order chi connectivity index (χ0) is 6.69. The molecule has 1 fully saturated rings. The normalized spacial score (nSPS) is 35.3. The Hall–Kier alpha value is -0.0800. The number of hydrogen-bond acceptors (Lipinski definition) is 2. The van der Waals surface area contributed by atoms with Gasteiger partial charge in [0.1, 0.15) is 0 Å². The molecule has 2 atom stereocenters. The van der Waals surface area contributed by atoms with Crippen molar-refractivity contribution in [2.45, 2.75) is 25.4 Å². The van der Waals surface area contributed by atoms with Crippen LogP contribution >= 0.6 is 0 Å². The molecule has 1 N–H and O–H groups in total. The van der Waals surface area contributed by atoms with Crippen LogP contribution in [0.3, 0.4) is 0 Å². The van der Waals surface area contributed by atoms with Crippen LogP contribution in [0.25, 0.3) is 0 Å². The molecular formula is C7H14O2. The number of aliphatic hydroxyl groups excluding tert-OH is 1. The van der Waals surface area contributed by atoms with Gasteiger partial charge in [0.25, 0.3) is 0 Å². The summed E-state index contributed by atoms with van der Waals surface area (Å²) in [5, 5.41) is 9.24. The Morgan fingerprint density at radius 3 is 2.78 bits per heavy atom. The first-order valence-electron chi connectivity index (χ1n) is 3.51. The molecule has 2 heteroatoms. The van der Waals surface area contributed by atoms with Crippen LogP contribution in [0.4, 0.5) is 0 Å². The van der Waals surface area contributed by atoms with E-state index in [4.69, 9.17) is 4.74 Å². The zero-order valence-corrected chi connectivity index (χ0v) is 5.84. The molecule has 0 amide bonds. The molecule has 0 aromatic rings. The largest absolute Gasteiger partial charge is 0.393 e. The van der Waals surface area contributed by atoms with Crippen molar-refractivity contribution in [2.24, 2.45) is 5.92 Å². The van der Waals surface area contributed by atoms with Crippen molar-refractivity contribution >= 4 is 0 Å². The summed E-state index contributed by atoms with van der Waals surface area (Å²) in [5.41, 5.74) is 0. The molecule has 0 heterocycles. The molecule has 0 aromatic carbocycles. The van der Waals surface area contributed by atoms with E-state index in [0.717, 1.165) is 25.9 Å². The number of methoxy groups -OCH3 is 1. The predicted octanol–water partition coefficient (Wildman–Crippen LogP) is 0.794. The fraction of sp³-hybridized carbons (Fsp3) is 1.00. The molecule has 1 aliphatic rings. The van der Waals surface area contributed by atoms with E-state index in [2.05, 4.69) is 0 Å². The molecule has 0 aliphatic heterocycles. The van der Waals surface area contributed by atoms with Gasteiger partial charge < -0.3 is 9.84 Å². The Morgan fingerprint density at radius 1 is 1.56 bits per heavy atom. The molecule has 1 rings (SSSR count). The molecule has 0 unspecified atom stereocenters. The minimum absolute atomic E-state index is 0.0926. The van der Waals surface area contributed by atoms with E-state index in [1.165, 1.54) is 0 Å². The highest BCUT2D eigenvalue weighted by Gasteiger charge is 2.24. The topological polar surface area (TPSA) is 29.5 Å². The van der Waals surface area contributed by atoms with Gasteiger partial charge in [-0.1, -0.05) is 6.42 Å². The summed E-state index contributed by atoms with van der Waals surface area (Å²) < 4.78 is 4.94.